The first kappa shape index (κ1) is 33.0. The van der Waals surface area contributed by atoms with Gasteiger partial charge in [0.1, 0.15) is 12.2 Å². The molecule has 1 aliphatic rings. The molecule has 4 aromatic rings. The van der Waals surface area contributed by atoms with Crippen LogP contribution in [0.3, 0.4) is 0 Å². The molecule has 11 nitrogen and oxygen atoms in total. The second-order valence-electron chi connectivity index (χ2n) is 8.90. The lowest BCUT2D eigenvalue weighted by Crippen LogP contribution is -2.26. The average molecular weight is 618 g/mol. The number of aldehydes is 1. The first-order valence-electron chi connectivity index (χ1n) is 13.4. The lowest BCUT2D eigenvalue weighted by molar-refractivity contribution is -0.117. The maximum Gasteiger partial charge on any atom is 0.264 e. The van der Waals surface area contributed by atoms with Gasteiger partial charge in [0.05, 0.1) is 46.4 Å². The van der Waals surface area contributed by atoms with Crippen LogP contribution in [-0.2, 0) is 11.3 Å². The molecule has 0 unspecified atom stereocenters. The zero-order valence-corrected chi connectivity index (χ0v) is 25.0. The summed E-state index contributed by atoms with van der Waals surface area (Å²) in [4.78, 5) is 42.4. The van der Waals surface area contributed by atoms with Crippen molar-refractivity contribution in [2.75, 3.05) is 23.8 Å². The van der Waals surface area contributed by atoms with Crippen LogP contribution in [0.2, 0.25) is 5.02 Å². The molecule has 1 fully saturated rings. The first-order chi connectivity index (χ1) is 20.6. The van der Waals surface area contributed by atoms with Crippen molar-refractivity contribution in [2.45, 2.75) is 53.5 Å². The van der Waals surface area contributed by atoms with Gasteiger partial charge < -0.3 is 5.32 Å². The summed E-state index contributed by atoms with van der Waals surface area (Å²) in [5.41, 5.74) is 0.648. The summed E-state index contributed by atoms with van der Waals surface area (Å²) >= 11 is 5.61. The number of nitrogens with zero attached hydrogens (tertiary/aromatic N) is 8. The summed E-state index contributed by atoms with van der Waals surface area (Å²) in [5.74, 6) is 0.469. The Bertz CT molecular complexity index is 1580. The van der Waals surface area contributed by atoms with E-state index >= 15 is 0 Å². The van der Waals surface area contributed by atoms with Gasteiger partial charge >= 0.3 is 0 Å². The van der Waals surface area contributed by atoms with E-state index in [2.05, 4.69) is 35.5 Å². The summed E-state index contributed by atoms with van der Waals surface area (Å²) in [6, 6.07) is 2.07. The van der Waals surface area contributed by atoms with Crippen LogP contribution in [0, 0.1) is 19.7 Å². The van der Waals surface area contributed by atoms with E-state index in [-0.39, 0.29) is 22.3 Å². The van der Waals surface area contributed by atoms with Crippen LogP contribution < -0.4 is 10.2 Å². The molecule has 1 aliphatic heterocycles. The number of aromatic nitrogens is 7. The van der Waals surface area contributed by atoms with E-state index in [0.29, 0.717) is 36.6 Å². The Hall–Kier alpha value is -4.46. The maximum atomic E-state index is 14.0. The molecule has 5 rings (SSSR count). The molecular formula is C28H31ClF3N9O2. The largest absolute Gasteiger partial charge is 0.370 e. The molecule has 4 heterocycles. The molecule has 228 valence electrons. The van der Waals surface area contributed by atoms with Crippen molar-refractivity contribution in [3.8, 4) is 11.3 Å². The second kappa shape index (κ2) is 15.1. The van der Waals surface area contributed by atoms with Crippen LogP contribution in [0.15, 0.2) is 30.7 Å². The molecular weight excluding hydrogens is 587 g/mol. The van der Waals surface area contributed by atoms with Crippen LogP contribution in [-0.4, -0.2) is 60.7 Å². The van der Waals surface area contributed by atoms with Gasteiger partial charge in [0.25, 0.3) is 6.43 Å². The van der Waals surface area contributed by atoms with Crippen molar-refractivity contribution in [1.82, 2.24) is 34.9 Å². The zero-order chi connectivity index (χ0) is 31.7. The number of carbonyl (C=O) groups is 2. The quantitative estimate of drug-likeness (QED) is 0.263. The maximum absolute atomic E-state index is 14.0. The van der Waals surface area contributed by atoms with Crippen molar-refractivity contribution < 1.29 is 22.8 Å². The average Bonchev–Trinajstić information content (AvgIpc) is 3.64. The Kier molecular flexibility index (Phi) is 11.6. The number of nitrogens with one attached hydrogen (secondary N) is 1. The van der Waals surface area contributed by atoms with Crippen LogP contribution in [0.4, 0.5) is 24.8 Å². The van der Waals surface area contributed by atoms with Crippen molar-refractivity contribution in [3.63, 3.8) is 0 Å². The number of hydrogen-bond acceptors (Lipinski definition) is 9. The highest BCUT2D eigenvalue weighted by molar-refractivity contribution is 6.31. The van der Waals surface area contributed by atoms with E-state index in [0.717, 1.165) is 42.7 Å². The normalized spacial score (nSPS) is 12.4. The summed E-state index contributed by atoms with van der Waals surface area (Å²) in [5, 5.41) is 11.0. The Morgan fingerprint density at radius 1 is 1.09 bits per heavy atom. The second-order valence-corrected chi connectivity index (χ2v) is 9.31. The predicted octanol–water partition coefficient (Wildman–Crippen LogP) is 5.61. The number of alkyl halides is 2. The molecule has 43 heavy (non-hydrogen) atoms. The van der Waals surface area contributed by atoms with Gasteiger partial charge in [-0.2, -0.15) is 9.90 Å². The fourth-order valence-corrected chi connectivity index (χ4v) is 4.23. The highest BCUT2D eigenvalue weighted by Gasteiger charge is 2.25. The van der Waals surface area contributed by atoms with Crippen LogP contribution in [0.1, 0.15) is 66.2 Å². The van der Waals surface area contributed by atoms with Gasteiger partial charge in [-0.3, -0.25) is 24.5 Å². The van der Waals surface area contributed by atoms with Crippen molar-refractivity contribution in [3.05, 3.63) is 69.9 Å². The molecule has 0 atom stereocenters. The number of rotatable bonds is 7. The fourth-order valence-electron chi connectivity index (χ4n) is 4.07. The molecule has 0 spiro atoms. The minimum atomic E-state index is -2.90. The topological polar surface area (TPSA) is 132 Å². The fraction of sp³-hybridized carbons (Fsp3) is 0.357. The molecule has 15 heteroatoms. The van der Waals surface area contributed by atoms with Gasteiger partial charge in [-0.05, 0) is 26.3 Å². The molecule has 0 bridgehead atoms. The van der Waals surface area contributed by atoms with Crippen molar-refractivity contribution in [1.29, 1.82) is 0 Å². The number of benzene rings is 1. The Labute approximate surface area is 251 Å². The molecule has 3 aromatic heterocycles. The third kappa shape index (κ3) is 7.89. The molecule has 1 saturated heterocycles. The number of anilines is 2. The minimum absolute atomic E-state index is 0.0397. The monoisotopic (exact) mass is 617 g/mol. The van der Waals surface area contributed by atoms with Gasteiger partial charge in [-0.1, -0.05) is 31.5 Å². The number of hydrogen-bond donors (Lipinski definition) is 1. The summed E-state index contributed by atoms with van der Waals surface area (Å²) in [7, 11) is 1.79. The highest BCUT2D eigenvalue weighted by Crippen LogP contribution is 2.35. The number of carbonyl (C=O) groups excluding carboxylic acids is 2. The number of amides is 1. The van der Waals surface area contributed by atoms with Crippen LogP contribution >= 0.6 is 11.6 Å². The summed E-state index contributed by atoms with van der Waals surface area (Å²) in [6.45, 7) is 8.57. The Morgan fingerprint density at radius 2 is 1.84 bits per heavy atom. The standard InChI is InChI=1S/C13H8ClF3N2O.C13H17N7O.C2H6/c1-6-10(5-20)19-9(4-18-6)11-7(13(16)17)2-3-8(14)12(11)15;1-9-13(19-5-3-4-12(19)21)15-6-10(17-9)8-20-16-7-11(14-2)18-20;1-2/h2-5,13H,1H3;6-7H,3-5,8H2,1-2H3,(H,14,18);1-2H3. The van der Waals surface area contributed by atoms with E-state index in [1.165, 1.54) is 6.92 Å². The Morgan fingerprint density at radius 3 is 2.42 bits per heavy atom. The number of aryl methyl sites for hydroxylation is 2. The molecule has 1 aromatic carbocycles. The van der Waals surface area contributed by atoms with Gasteiger partial charge in [-0.25, -0.2) is 23.1 Å². The summed E-state index contributed by atoms with van der Waals surface area (Å²) < 4.78 is 39.9. The molecule has 1 amide bonds. The lowest BCUT2D eigenvalue weighted by Gasteiger charge is -2.16. The van der Waals surface area contributed by atoms with Gasteiger partial charge in [-0.15, -0.1) is 5.10 Å². The van der Waals surface area contributed by atoms with Gasteiger partial charge in [0.15, 0.2) is 23.7 Å². The Balaban J connectivity index is 0.000000223. The first-order valence-corrected chi connectivity index (χ1v) is 13.8. The molecule has 1 N–H and O–H groups in total. The molecule has 0 saturated carbocycles. The third-order valence-corrected chi connectivity index (χ3v) is 6.41. The van der Waals surface area contributed by atoms with Crippen molar-refractivity contribution >= 4 is 35.4 Å². The number of halogens is 4. The zero-order valence-electron chi connectivity index (χ0n) is 24.3. The smallest absolute Gasteiger partial charge is 0.264 e. The van der Waals surface area contributed by atoms with Crippen LogP contribution in [0.25, 0.3) is 11.3 Å². The SMILES string of the molecule is CC.CNc1cnn(Cc2cnc(N3CCCC3=O)c(C)n2)n1.Cc1ncc(-c2c(C(F)F)ccc(Cl)c2F)nc1C=O. The predicted molar refractivity (Wildman–Crippen MR) is 156 cm³/mol. The summed E-state index contributed by atoms with van der Waals surface area (Å²) in [6.07, 6.45) is 3.45. The van der Waals surface area contributed by atoms with Crippen molar-refractivity contribution in [2.24, 2.45) is 0 Å². The lowest BCUT2D eigenvalue weighted by atomic mass is 10.0. The van der Waals surface area contributed by atoms with E-state index in [9.17, 15) is 22.8 Å². The molecule has 0 radical (unpaired) electrons. The molecule has 0 aliphatic carbocycles. The highest BCUT2D eigenvalue weighted by atomic mass is 35.5. The van der Waals surface area contributed by atoms with Gasteiger partial charge in [0, 0.05) is 31.1 Å². The van der Waals surface area contributed by atoms with E-state index in [4.69, 9.17) is 11.6 Å². The van der Waals surface area contributed by atoms with Gasteiger partial charge in [0.2, 0.25) is 5.91 Å². The van der Waals surface area contributed by atoms with E-state index < -0.39 is 23.4 Å². The third-order valence-electron chi connectivity index (χ3n) is 6.12. The minimum Gasteiger partial charge on any atom is -0.370 e. The van der Waals surface area contributed by atoms with E-state index in [1.807, 2.05) is 20.8 Å². The van der Waals surface area contributed by atoms with Crippen LogP contribution in [0.5, 0.6) is 0 Å². The van der Waals surface area contributed by atoms with E-state index in [1.54, 1.807) is 29.1 Å².